The van der Waals surface area contributed by atoms with Gasteiger partial charge in [-0.15, -0.1) is 0 Å². The van der Waals surface area contributed by atoms with Crippen molar-refractivity contribution in [2.75, 3.05) is 11.9 Å². The van der Waals surface area contributed by atoms with Crippen LogP contribution in [0.1, 0.15) is 39.0 Å². The third-order valence-electron chi connectivity index (χ3n) is 4.11. The fourth-order valence-electron chi connectivity index (χ4n) is 2.76. The minimum absolute atomic E-state index is 0.133. The zero-order valence-corrected chi connectivity index (χ0v) is 12.0. The summed E-state index contributed by atoms with van der Waals surface area (Å²) in [6.45, 7) is 5.11. The van der Waals surface area contributed by atoms with E-state index in [0.717, 1.165) is 36.2 Å². The number of ketones is 1. The molecule has 0 amide bonds. The maximum absolute atomic E-state index is 12.8. The van der Waals surface area contributed by atoms with E-state index in [2.05, 4.69) is 18.3 Å². The monoisotopic (exact) mass is 265 g/mol. The van der Waals surface area contributed by atoms with Crippen molar-refractivity contribution in [2.45, 2.75) is 26.7 Å². The number of carbonyl (C=O) groups is 1. The SMILES string of the molecule is Cc1ccc(C(=O)c2cccc3c2CCCN3)cc1C. The highest BCUT2D eigenvalue weighted by Gasteiger charge is 2.18. The van der Waals surface area contributed by atoms with Crippen molar-refractivity contribution in [1.29, 1.82) is 0 Å². The fourth-order valence-corrected chi connectivity index (χ4v) is 2.76. The molecule has 0 spiro atoms. The standard InChI is InChI=1S/C18H19NO/c1-12-8-9-14(11-13(12)2)18(20)16-5-3-7-17-15(16)6-4-10-19-17/h3,5,7-9,11,19H,4,6,10H2,1-2H3. The quantitative estimate of drug-likeness (QED) is 0.835. The van der Waals surface area contributed by atoms with Crippen LogP contribution in [0.25, 0.3) is 0 Å². The van der Waals surface area contributed by atoms with Crippen molar-refractivity contribution in [3.05, 3.63) is 64.2 Å². The Labute approximate surface area is 119 Å². The number of hydrogen-bond acceptors (Lipinski definition) is 2. The van der Waals surface area contributed by atoms with Crippen LogP contribution in [0, 0.1) is 13.8 Å². The van der Waals surface area contributed by atoms with E-state index in [-0.39, 0.29) is 5.78 Å². The molecule has 0 aliphatic carbocycles. The van der Waals surface area contributed by atoms with E-state index < -0.39 is 0 Å². The van der Waals surface area contributed by atoms with Crippen molar-refractivity contribution >= 4 is 11.5 Å². The average Bonchev–Trinajstić information content (AvgIpc) is 2.49. The third kappa shape index (κ3) is 2.22. The summed E-state index contributed by atoms with van der Waals surface area (Å²) in [5.74, 6) is 0.133. The topological polar surface area (TPSA) is 29.1 Å². The van der Waals surface area contributed by atoms with Crippen molar-refractivity contribution in [2.24, 2.45) is 0 Å². The van der Waals surface area contributed by atoms with E-state index in [0.29, 0.717) is 0 Å². The highest BCUT2D eigenvalue weighted by molar-refractivity contribution is 6.10. The first-order valence-electron chi connectivity index (χ1n) is 7.14. The second kappa shape index (κ2) is 5.12. The van der Waals surface area contributed by atoms with Gasteiger partial charge in [0.05, 0.1) is 0 Å². The molecule has 2 heteroatoms. The molecular weight excluding hydrogens is 246 g/mol. The summed E-state index contributed by atoms with van der Waals surface area (Å²) in [6, 6.07) is 11.9. The molecule has 0 aromatic heterocycles. The number of anilines is 1. The first kappa shape index (κ1) is 12.9. The van der Waals surface area contributed by atoms with Gasteiger partial charge in [0.2, 0.25) is 0 Å². The Hall–Kier alpha value is -2.09. The number of aryl methyl sites for hydroxylation is 2. The highest BCUT2D eigenvalue weighted by Crippen LogP contribution is 2.27. The first-order valence-corrected chi connectivity index (χ1v) is 7.14. The summed E-state index contributed by atoms with van der Waals surface area (Å²) in [5, 5.41) is 3.38. The Morgan fingerprint density at radius 2 is 1.95 bits per heavy atom. The van der Waals surface area contributed by atoms with Crippen LogP contribution < -0.4 is 5.32 Å². The molecule has 1 heterocycles. The fraction of sp³-hybridized carbons (Fsp3) is 0.278. The molecule has 20 heavy (non-hydrogen) atoms. The molecule has 0 atom stereocenters. The van der Waals surface area contributed by atoms with Gasteiger partial charge in [-0.2, -0.15) is 0 Å². The second-order valence-electron chi connectivity index (χ2n) is 5.49. The lowest BCUT2D eigenvalue weighted by molar-refractivity contribution is 0.103. The van der Waals surface area contributed by atoms with E-state index in [4.69, 9.17) is 0 Å². The van der Waals surface area contributed by atoms with Crippen molar-refractivity contribution in [3.63, 3.8) is 0 Å². The summed E-state index contributed by atoms with van der Waals surface area (Å²) >= 11 is 0. The van der Waals surface area contributed by atoms with Crippen molar-refractivity contribution in [1.82, 2.24) is 0 Å². The summed E-state index contributed by atoms with van der Waals surface area (Å²) in [4.78, 5) is 12.8. The maximum Gasteiger partial charge on any atom is 0.193 e. The highest BCUT2D eigenvalue weighted by atomic mass is 16.1. The molecule has 2 aromatic carbocycles. The van der Waals surface area contributed by atoms with Gasteiger partial charge in [-0.3, -0.25) is 4.79 Å². The third-order valence-corrected chi connectivity index (χ3v) is 4.11. The maximum atomic E-state index is 12.8. The molecule has 1 aliphatic heterocycles. The zero-order valence-electron chi connectivity index (χ0n) is 12.0. The van der Waals surface area contributed by atoms with Gasteiger partial charge in [0, 0.05) is 23.4 Å². The molecule has 2 nitrogen and oxygen atoms in total. The minimum Gasteiger partial charge on any atom is -0.385 e. The molecule has 0 fully saturated rings. The van der Waals surface area contributed by atoms with Gasteiger partial charge in [-0.05, 0) is 55.5 Å². The van der Waals surface area contributed by atoms with E-state index in [1.807, 2.05) is 37.3 Å². The number of hydrogen-bond donors (Lipinski definition) is 1. The predicted molar refractivity (Wildman–Crippen MR) is 82.6 cm³/mol. The molecule has 102 valence electrons. The summed E-state index contributed by atoms with van der Waals surface area (Å²) in [5.41, 5.74) is 6.30. The molecule has 0 radical (unpaired) electrons. The van der Waals surface area contributed by atoms with Crippen LogP contribution in [0.4, 0.5) is 5.69 Å². The lowest BCUT2D eigenvalue weighted by Gasteiger charge is -2.20. The number of nitrogens with one attached hydrogen (secondary N) is 1. The lowest BCUT2D eigenvalue weighted by Crippen LogP contribution is -2.16. The molecule has 2 aromatic rings. The van der Waals surface area contributed by atoms with Crippen LogP contribution in [0.5, 0.6) is 0 Å². The number of benzene rings is 2. The van der Waals surface area contributed by atoms with Gasteiger partial charge in [0.25, 0.3) is 0 Å². The summed E-state index contributed by atoms with van der Waals surface area (Å²) in [6.07, 6.45) is 2.07. The Balaban J connectivity index is 2.04. The second-order valence-corrected chi connectivity index (χ2v) is 5.49. The molecule has 1 N–H and O–H groups in total. The lowest BCUT2D eigenvalue weighted by atomic mass is 9.91. The molecular formula is C18H19NO. The van der Waals surface area contributed by atoms with Crippen molar-refractivity contribution < 1.29 is 4.79 Å². The summed E-state index contributed by atoms with van der Waals surface area (Å²) < 4.78 is 0. The smallest absolute Gasteiger partial charge is 0.193 e. The molecule has 0 bridgehead atoms. The van der Waals surface area contributed by atoms with E-state index in [9.17, 15) is 4.79 Å². The van der Waals surface area contributed by atoms with Crippen LogP contribution in [0.3, 0.4) is 0 Å². The first-order chi connectivity index (χ1) is 9.66. The van der Waals surface area contributed by atoms with E-state index in [1.165, 1.54) is 16.7 Å². The van der Waals surface area contributed by atoms with Gasteiger partial charge in [-0.25, -0.2) is 0 Å². The average molecular weight is 265 g/mol. The van der Waals surface area contributed by atoms with Crippen LogP contribution in [-0.4, -0.2) is 12.3 Å². The van der Waals surface area contributed by atoms with Crippen LogP contribution >= 0.6 is 0 Å². The predicted octanol–water partition coefficient (Wildman–Crippen LogP) is 3.89. The van der Waals surface area contributed by atoms with Crippen molar-refractivity contribution in [3.8, 4) is 0 Å². The van der Waals surface area contributed by atoms with Gasteiger partial charge in [0.15, 0.2) is 5.78 Å². The van der Waals surface area contributed by atoms with Gasteiger partial charge < -0.3 is 5.32 Å². The Kier molecular flexibility index (Phi) is 3.31. The molecule has 1 aliphatic rings. The van der Waals surface area contributed by atoms with E-state index >= 15 is 0 Å². The molecule has 0 unspecified atom stereocenters. The zero-order chi connectivity index (χ0) is 14.1. The normalized spacial score (nSPS) is 13.5. The Bertz CT molecular complexity index is 673. The minimum atomic E-state index is 0.133. The Morgan fingerprint density at radius 1 is 1.10 bits per heavy atom. The van der Waals surface area contributed by atoms with Gasteiger partial charge in [-0.1, -0.05) is 24.3 Å². The largest absolute Gasteiger partial charge is 0.385 e. The van der Waals surface area contributed by atoms with Crippen LogP contribution in [0.15, 0.2) is 36.4 Å². The van der Waals surface area contributed by atoms with Crippen LogP contribution in [0.2, 0.25) is 0 Å². The van der Waals surface area contributed by atoms with Crippen LogP contribution in [-0.2, 0) is 6.42 Å². The number of rotatable bonds is 2. The van der Waals surface area contributed by atoms with Gasteiger partial charge in [0.1, 0.15) is 0 Å². The molecule has 0 saturated heterocycles. The summed E-state index contributed by atoms with van der Waals surface area (Å²) in [7, 11) is 0. The van der Waals surface area contributed by atoms with Gasteiger partial charge >= 0.3 is 0 Å². The van der Waals surface area contributed by atoms with E-state index in [1.54, 1.807) is 0 Å². The molecule has 3 rings (SSSR count). The number of fused-ring (bicyclic) bond motifs is 1. The Morgan fingerprint density at radius 3 is 2.75 bits per heavy atom. The number of carbonyl (C=O) groups excluding carboxylic acids is 1. The molecule has 0 saturated carbocycles.